The Morgan fingerprint density at radius 1 is 1.19 bits per heavy atom. The van der Waals surface area contributed by atoms with Crippen molar-refractivity contribution in [3.05, 3.63) is 53.6 Å². The smallest absolute Gasteiger partial charge is 0.418 e. The fraction of sp³-hybridized carbons (Fsp3) is 0.400. The molecule has 0 amide bonds. The van der Waals surface area contributed by atoms with Gasteiger partial charge in [0.1, 0.15) is 0 Å². The molecule has 1 aromatic heterocycles. The molecule has 2 aromatic carbocycles. The third-order valence-corrected chi connectivity index (χ3v) is 6.13. The van der Waals surface area contributed by atoms with Crippen molar-refractivity contribution < 1.29 is 27.6 Å². The van der Waals surface area contributed by atoms with Crippen LogP contribution in [-0.4, -0.2) is 52.3 Å². The number of rotatable bonds is 7. The van der Waals surface area contributed by atoms with Crippen molar-refractivity contribution in [1.29, 1.82) is 0 Å². The predicted molar refractivity (Wildman–Crippen MR) is 132 cm³/mol. The average Bonchev–Trinajstić information content (AvgIpc) is 3.28. The Morgan fingerprint density at radius 3 is 2.67 bits per heavy atom. The number of aromatic nitrogens is 2. The highest BCUT2D eigenvalue weighted by Gasteiger charge is 2.37. The van der Waals surface area contributed by atoms with Crippen molar-refractivity contribution in [2.45, 2.75) is 44.9 Å². The van der Waals surface area contributed by atoms with Crippen LogP contribution in [-0.2, 0) is 17.5 Å². The van der Waals surface area contributed by atoms with Crippen LogP contribution in [0.3, 0.4) is 0 Å². The number of alkyl halides is 3. The van der Waals surface area contributed by atoms with E-state index in [4.69, 9.17) is 9.63 Å². The number of halogens is 4. The first-order chi connectivity index (χ1) is 16.6. The summed E-state index contributed by atoms with van der Waals surface area (Å²) in [6.45, 7) is 2.83. The molecule has 1 N–H and O–H groups in total. The summed E-state index contributed by atoms with van der Waals surface area (Å²) >= 11 is 0. The van der Waals surface area contributed by atoms with Gasteiger partial charge in [-0.25, -0.2) is 0 Å². The second-order valence-electron chi connectivity index (χ2n) is 8.96. The second kappa shape index (κ2) is 11.3. The Morgan fingerprint density at radius 2 is 1.97 bits per heavy atom. The van der Waals surface area contributed by atoms with Crippen molar-refractivity contribution >= 4 is 24.1 Å². The molecule has 3 aromatic rings. The lowest BCUT2D eigenvalue weighted by Crippen LogP contribution is -2.38. The van der Waals surface area contributed by atoms with Gasteiger partial charge >= 0.3 is 12.1 Å². The molecule has 0 radical (unpaired) electrons. The highest BCUT2D eigenvalue weighted by molar-refractivity contribution is 5.85. The van der Waals surface area contributed by atoms with Crippen LogP contribution >= 0.6 is 12.4 Å². The first kappa shape index (κ1) is 27.5. The lowest BCUT2D eigenvalue weighted by molar-refractivity contribution is -0.138. The van der Waals surface area contributed by atoms with Gasteiger partial charge in [-0.2, -0.15) is 18.2 Å². The first-order valence-electron chi connectivity index (χ1n) is 11.4. The number of likely N-dealkylation sites (N-methyl/N-ethyl adjacent to an activating group) is 1. The topological polar surface area (TPSA) is 82.7 Å². The van der Waals surface area contributed by atoms with E-state index in [1.165, 1.54) is 6.07 Å². The van der Waals surface area contributed by atoms with Crippen LogP contribution in [0.4, 0.5) is 18.9 Å². The number of piperidine rings is 1. The summed E-state index contributed by atoms with van der Waals surface area (Å²) in [5.74, 6) is -0.687. The van der Waals surface area contributed by atoms with E-state index in [1.807, 2.05) is 17.9 Å². The number of carbonyl (C=O) groups is 1. The van der Waals surface area contributed by atoms with Crippen molar-refractivity contribution in [2.75, 3.05) is 25.0 Å². The Hall–Kier alpha value is -3.11. The van der Waals surface area contributed by atoms with Gasteiger partial charge < -0.3 is 14.5 Å². The summed E-state index contributed by atoms with van der Waals surface area (Å²) in [5, 5.41) is 12.9. The minimum absolute atomic E-state index is 0. The fourth-order valence-electron chi connectivity index (χ4n) is 4.47. The maximum atomic E-state index is 14.0. The van der Waals surface area contributed by atoms with Gasteiger partial charge in [0.25, 0.3) is 5.89 Å². The zero-order valence-corrected chi connectivity index (χ0v) is 20.8. The molecule has 0 saturated carbocycles. The molecule has 0 bridgehead atoms. The average molecular weight is 525 g/mol. The predicted octanol–water partition coefficient (Wildman–Crippen LogP) is 5.74. The molecule has 194 valence electrons. The molecule has 1 saturated heterocycles. The SMILES string of the molecule is C[C@@H]1CCCCN1c1ccc(-c2nc(-c3cccc(CN(C)CC(=O)O)c3)no2)cc1C(F)(F)F.Cl. The standard InChI is InChI=1S/C25H27F3N4O3.ClH/c1-16-6-3-4-11-32(16)21-10-9-19(13-20(21)25(26,27)28)24-29-23(30-35-24)18-8-5-7-17(12-18)14-31(2)15-22(33)34;/h5,7-10,12-13,16H,3-4,6,11,14-15H2,1-2H3,(H,33,34);1H/t16-;/m1./s1. The minimum Gasteiger partial charge on any atom is -0.480 e. The summed E-state index contributed by atoms with van der Waals surface area (Å²) < 4.78 is 47.3. The number of aliphatic carboxylic acids is 1. The molecule has 7 nitrogen and oxygen atoms in total. The van der Waals surface area contributed by atoms with Gasteiger partial charge in [-0.3, -0.25) is 9.69 Å². The zero-order chi connectivity index (χ0) is 25.2. The van der Waals surface area contributed by atoms with E-state index in [1.54, 1.807) is 36.2 Å². The highest BCUT2D eigenvalue weighted by Crippen LogP contribution is 2.41. The van der Waals surface area contributed by atoms with E-state index in [0.717, 1.165) is 30.9 Å². The van der Waals surface area contributed by atoms with Crippen LogP contribution < -0.4 is 4.90 Å². The van der Waals surface area contributed by atoms with E-state index in [2.05, 4.69) is 10.1 Å². The quantitative estimate of drug-likeness (QED) is 0.422. The maximum absolute atomic E-state index is 14.0. The molecule has 1 fully saturated rings. The van der Waals surface area contributed by atoms with Gasteiger partial charge in [0, 0.05) is 35.9 Å². The van der Waals surface area contributed by atoms with Gasteiger partial charge in [0.2, 0.25) is 5.82 Å². The number of nitrogens with zero attached hydrogens (tertiary/aromatic N) is 4. The summed E-state index contributed by atoms with van der Waals surface area (Å²) in [6, 6.07) is 11.4. The third kappa shape index (κ3) is 6.36. The number of hydrogen-bond donors (Lipinski definition) is 1. The van der Waals surface area contributed by atoms with Gasteiger partial charge in [-0.05, 0) is 63.1 Å². The summed E-state index contributed by atoms with van der Waals surface area (Å²) in [7, 11) is 1.69. The third-order valence-electron chi connectivity index (χ3n) is 6.13. The molecule has 0 aliphatic carbocycles. The lowest BCUT2D eigenvalue weighted by atomic mass is 9.99. The summed E-state index contributed by atoms with van der Waals surface area (Å²) in [6.07, 6.45) is -1.79. The van der Waals surface area contributed by atoms with Crippen LogP contribution in [0.2, 0.25) is 0 Å². The van der Waals surface area contributed by atoms with Crippen molar-refractivity contribution in [3.8, 4) is 22.8 Å². The molecule has 36 heavy (non-hydrogen) atoms. The second-order valence-corrected chi connectivity index (χ2v) is 8.96. The van der Waals surface area contributed by atoms with E-state index in [0.29, 0.717) is 18.7 Å². The number of benzene rings is 2. The van der Waals surface area contributed by atoms with Crippen molar-refractivity contribution in [1.82, 2.24) is 15.0 Å². The number of carboxylic acid groups (broad SMARTS) is 1. The monoisotopic (exact) mass is 524 g/mol. The molecule has 1 aliphatic heterocycles. The lowest BCUT2D eigenvalue weighted by Gasteiger charge is -2.37. The molecule has 2 heterocycles. The van der Waals surface area contributed by atoms with Crippen LogP contribution in [0.25, 0.3) is 22.8 Å². The zero-order valence-electron chi connectivity index (χ0n) is 20.0. The van der Waals surface area contributed by atoms with Crippen LogP contribution in [0, 0.1) is 0 Å². The molecular formula is C25H28ClF3N4O3. The molecule has 0 spiro atoms. The number of anilines is 1. The molecule has 4 rings (SSSR count). The molecule has 0 unspecified atom stereocenters. The Balaban J connectivity index is 0.00000361. The van der Waals surface area contributed by atoms with Gasteiger partial charge in [0.05, 0.1) is 12.1 Å². The van der Waals surface area contributed by atoms with Gasteiger partial charge in [0.15, 0.2) is 0 Å². The van der Waals surface area contributed by atoms with Crippen LogP contribution in [0.1, 0.15) is 37.3 Å². The van der Waals surface area contributed by atoms with Crippen LogP contribution in [0.5, 0.6) is 0 Å². The van der Waals surface area contributed by atoms with Crippen molar-refractivity contribution in [2.24, 2.45) is 0 Å². The van der Waals surface area contributed by atoms with Crippen molar-refractivity contribution in [3.63, 3.8) is 0 Å². The van der Waals surface area contributed by atoms with E-state index < -0.39 is 17.7 Å². The Bertz CT molecular complexity index is 1200. The molecular weight excluding hydrogens is 497 g/mol. The van der Waals surface area contributed by atoms with Crippen LogP contribution in [0.15, 0.2) is 47.0 Å². The molecule has 1 atom stereocenters. The van der Waals surface area contributed by atoms with E-state index >= 15 is 0 Å². The highest BCUT2D eigenvalue weighted by atomic mass is 35.5. The minimum atomic E-state index is -4.53. The largest absolute Gasteiger partial charge is 0.480 e. The Kier molecular flexibility index (Phi) is 8.63. The summed E-state index contributed by atoms with van der Waals surface area (Å²) in [5.41, 5.74) is 1.12. The Labute approximate surface area is 213 Å². The van der Waals surface area contributed by atoms with E-state index in [9.17, 15) is 18.0 Å². The fourth-order valence-corrected chi connectivity index (χ4v) is 4.47. The molecule has 11 heteroatoms. The van der Waals surface area contributed by atoms with Gasteiger partial charge in [-0.15, -0.1) is 12.4 Å². The van der Waals surface area contributed by atoms with E-state index in [-0.39, 0.29) is 48.0 Å². The maximum Gasteiger partial charge on any atom is 0.418 e. The first-order valence-corrected chi connectivity index (χ1v) is 11.4. The molecule has 1 aliphatic rings. The summed E-state index contributed by atoms with van der Waals surface area (Å²) in [4.78, 5) is 18.7. The number of carboxylic acids is 1. The normalized spacial score (nSPS) is 16.2. The van der Waals surface area contributed by atoms with Gasteiger partial charge in [-0.1, -0.05) is 23.4 Å². The number of hydrogen-bond acceptors (Lipinski definition) is 6.